The number of benzene rings is 1. The Balaban J connectivity index is 3.30. The third kappa shape index (κ3) is 3.71. The number of nitrogens with zero attached hydrogens (tertiary/aromatic N) is 1. The van der Waals surface area contributed by atoms with Gasteiger partial charge in [-0.25, -0.2) is 12.8 Å². The molecule has 0 aromatic heterocycles. The van der Waals surface area contributed by atoms with Crippen LogP contribution < -0.4 is 5.73 Å². The van der Waals surface area contributed by atoms with Gasteiger partial charge in [0.1, 0.15) is 5.82 Å². The van der Waals surface area contributed by atoms with Crippen molar-refractivity contribution in [1.29, 1.82) is 0 Å². The zero-order valence-electron chi connectivity index (χ0n) is 11.1. The molecule has 0 aliphatic carbocycles. The number of aryl methyl sites for hydroxylation is 1. The fraction of sp³-hybridized carbons (Fsp3) is 0.417. The van der Waals surface area contributed by atoms with Crippen molar-refractivity contribution in [3.63, 3.8) is 0 Å². The third-order valence-corrected chi connectivity index (χ3v) is 4.92. The van der Waals surface area contributed by atoms with Gasteiger partial charge in [0.2, 0.25) is 10.0 Å². The molecule has 0 saturated heterocycles. The molecule has 0 amide bonds. The van der Waals surface area contributed by atoms with E-state index in [1.165, 1.54) is 16.4 Å². The topological polar surface area (TPSA) is 63.4 Å². The summed E-state index contributed by atoms with van der Waals surface area (Å²) < 4.78 is 39.3. The van der Waals surface area contributed by atoms with Gasteiger partial charge in [0.05, 0.1) is 16.4 Å². The maximum Gasteiger partial charge on any atom is 0.243 e. The van der Waals surface area contributed by atoms with Crippen LogP contribution in [0.1, 0.15) is 19.4 Å². The third-order valence-electron chi connectivity index (χ3n) is 2.61. The second kappa shape index (κ2) is 5.94. The van der Waals surface area contributed by atoms with Crippen LogP contribution in [0.25, 0.3) is 0 Å². The van der Waals surface area contributed by atoms with Crippen LogP contribution in [0.4, 0.5) is 4.39 Å². The SMILES string of the molecule is Cc1cc(F)ccc1S(=O)(=O)N(CC(N)=S)C(C)C. The van der Waals surface area contributed by atoms with Crippen LogP contribution in [-0.2, 0) is 10.0 Å². The number of rotatable bonds is 5. The van der Waals surface area contributed by atoms with Gasteiger partial charge < -0.3 is 5.73 Å². The Hall–Kier alpha value is -1.05. The molecule has 0 bridgehead atoms. The number of hydrogen-bond acceptors (Lipinski definition) is 3. The number of sulfonamides is 1. The highest BCUT2D eigenvalue weighted by atomic mass is 32.2. The standard InChI is InChI=1S/C12H17FN2O2S2/c1-8(2)15(7-12(14)18)19(16,17)11-5-4-10(13)6-9(11)3/h4-6,8H,7H2,1-3H3,(H2,14,18). The molecule has 1 rings (SSSR count). The molecule has 106 valence electrons. The van der Waals surface area contributed by atoms with Crippen LogP contribution in [0.5, 0.6) is 0 Å². The number of halogens is 1. The monoisotopic (exact) mass is 304 g/mol. The Labute approximate surface area is 118 Å². The predicted molar refractivity (Wildman–Crippen MR) is 77.0 cm³/mol. The largest absolute Gasteiger partial charge is 0.392 e. The van der Waals surface area contributed by atoms with Crippen LogP contribution in [-0.4, -0.2) is 30.3 Å². The van der Waals surface area contributed by atoms with E-state index in [4.69, 9.17) is 18.0 Å². The predicted octanol–water partition coefficient (Wildman–Crippen LogP) is 1.82. The highest BCUT2D eigenvalue weighted by Gasteiger charge is 2.28. The highest BCUT2D eigenvalue weighted by molar-refractivity contribution is 7.89. The van der Waals surface area contributed by atoms with Crippen molar-refractivity contribution in [1.82, 2.24) is 4.31 Å². The summed E-state index contributed by atoms with van der Waals surface area (Å²) in [7, 11) is -3.74. The maximum absolute atomic E-state index is 13.1. The zero-order valence-corrected chi connectivity index (χ0v) is 12.7. The molecule has 0 saturated carbocycles. The van der Waals surface area contributed by atoms with E-state index in [0.717, 1.165) is 6.07 Å². The summed E-state index contributed by atoms with van der Waals surface area (Å²) in [4.78, 5) is 0.163. The van der Waals surface area contributed by atoms with E-state index in [0.29, 0.717) is 5.56 Å². The first-order valence-corrected chi connectivity index (χ1v) is 7.57. The van der Waals surface area contributed by atoms with Gasteiger partial charge in [0, 0.05) is 6.04 Å². The fourth-order valence-electron chi connectivity index (χ4n) is 1.73. The Kier molecular flexibility index (Phi) is 5.00. The van der Waals surface area contributed by atoms with Crippen molar-refractivity contribution in [2.24, 2.45) is 5.73 Å². The molecule has 0 fully saturated rings. The summed E-state index contributed by atoms with van der Waals surface area (Å²) in [6.45, 7) is 4.98. The van der Waals surface area contributed by atoms with Crippen LogP contribution in [0.2, 0.25) is 0 Å². The van der Waals surface area contributed by atoms with Gasteiger partial charge in [0.15, 0.2) is 0 Å². The lowest BCUT2D eigenvalue weighted by Crippen LogP contribution is -2.42. The minimum absolute atomic E-state index is 0.0356. The molecule has 0 aliphatic heterocycles. The molecule has 0 heterocycles. The summed E-state index contributed by atoms with van der Waals surface area (Å²) in [5.74, 6) is -0.470. The van der Waals surface area contributed by atoms with Gasteiger partial charge in [-0.2, -0.15) is 4.31 Å². The van der Waals surface area contributed by atoms with Crippen molar-refractivity contribution in [3.05, 3.63) is 29.6 Å². The van der Waals surface area contributed by atoms with Crippen molar-refractivity contribution in [2.75, 3.05) is 6.54 Å². The lowest BCUT2D eigenvalue weighted by molar-refractivity contribution is 0.390. The Morgan fingerprint density at radius 2 is 2.05 bits per heavy atom. The summed E-state index contributed by atoms with van der Waals surface area (Å²) in [5, 5.41) is 0. The minimum atomic E-state index is -3.74. The highest BCUT2D eigenvalue weighted by Crippen LogP contribution is 2.22. The molecule has 0 spiro atoms. The summed E-state index contributed by atoms with van der Waals surface area (Å²) in [5.41, 5.74) is 5.79. The van der Waals surface area contributed by atoms with Crippen LogP contribution in [0.3, 0.4) is 0 Å². The first kappa shape index (κ1) is 16.0. The molecule has 0 radical (unpaired) electrons. The van der Waals surface area contributed by atoms with Gasteiger partial charge in [-0.15, -0.1) is 0 Å². The molecule has 0 aliphatic rings. The quantitative estimate of drug-likeness (QED) is 0.843. The van der Waals surface area contributed by atoms with E-state index in [-0.39, 0.29) is 22.5 Å². The van der Waals surface area contributed by atoms with Gasteiger partial charge in [-0.05, 0) is 44.5 Å². The van der Waals surface area contributed by atoms with E-state index in [2.05, 4.69) is 0 Å². The second-order valence-corrected chi connectivity index (χ2v) is 6.90. The minimum Gasteiger partial charge on any atom is -0.392 e. The molecule has 1 aromatic carbocycles. The lowest BCUT2D eigenvalue weighted by Gasteiger charge is -2.26. The molecule has 0 unspecified atom stereocenters. The second-order valence-electron chi connectivity index (χ2n) is 4.52. The first-order valence-electron chi connectivity index (χ1n) is 5.72. The van der Waals surface area contributed by atoms with E-state index >= 15 is 0 Å². The van der Waals surface area contributed by atoms with Crippen LogP contribution >= 0.6 is 12.2 Å². The molecule has 2 N–H and O–H groups in total. The Morgan fingerprint density at radius 3 is 2.47 bits per heavy atom. The van der Waals surface area contributed by atoms with Crippen LogP contribution in [0.15, 0.2) is 23.1 Å². The average molecular weight is 304 g/mol. The number of hydrogen-bond donors (Lipinski definition) is 1. The van der Waals surface area contributed by atoms with E-state index in [9.17, 15) is 12.8 Å². The molecule has 7 heteroatoms. The van der Waals surface area contributed by atoms with E-state index in [1.807, 2.05) is 0 Å². The lowest BCUT2D eigenvalue weighted by atomic mass is 10.2. The molecule has 19 heavy (non-hydrogen) atoms. The molecule has 0 atom stereocenters. The van der Waals surface area contributed by atoms with Gasteiger partial charge in [-0.3, -0.25) is 0 Å². The fourth-order valence-corrected chi connectivity index (χ4v) is 3.77. The van der Waals surface area contributed by atoms with Gasteiger partial charge in [-0.1, -0.05) is 12.2 Å². The summed E-state index contributed by atoms with van der Waals surface area (Å²) in [6, 6.07) is 3.27. The summed E-state index contributed by atoms with van der Waals surface area (Å²) in [6.07, 6.45) is 0. The normalized spacial score (nSPS) is 12.1. The van der Waals surface area contributed by atoms with Crippen molar-refractivity contribution >= 4 is 27.2 Å². The first-order chi connectivity index (χ1) is 8.66. The average Bonchev–Trinajstić information content (AvgIpc) is 2.24. The van der Waals surface area contributed by atoms with Crippen molar-refractivity contribution in [2.45, 2.75) is 31.7 Å². The zero-order chi connectivity index (χ0) is 14.8. The molecule has 1 aromatic rings. The number of thiocarbonyl (C=S) groups is 1. The Morgan fingerprint density at radius 1 is 1.47 bits per heavy atom. The van der Waals surface area contributed by atoms with E-state index < -0.39 is 15.8 Å². The maximum atomic E-state index is 13.1. The van der Waals surface area contributed by atoms with Crippen molar-refractivity contribution in [3.8, 4) is 0 Å². The van der Waals surface area contributed by atoms with Gasteiger partial charge in [0.25, 0.3) is 0 Å². The smallest absolute Gasteiger partial charge is 0.243 e. The Bertz CT molecular complexity index is 585. The number of nitrogens with two attached hydrogens (primary N) is 1. The molecule has 4 nitrogen and oxygen atoms in total. The summed E-state index contributed by atoms with van der Waals surface area (Å²) >= 11 is 4.78. The van der Waals surface area contributed by atoms with Crippen LogP contribution in [0, 0.1) is 12.7 Å². The van der Waals surface area contributed by atoms with E-state index in [1.54, 1.807) is 20.8 Å². The van der Waals surface area contributed by atoms with Crippen molar-refractivity contribution < 1.29 is 12.8 Å². The molecular formula is C12H17FN2O2S2. The molecular weight excluding hydrogens is 287 g/mol. The van der Waals surface area contributed by atoms with Gasteiger partial charge >= 0.3 is 0 Å².